The first-order valence-corrected chi connectivity index (χ1v) is 14.6. The highest BCUT2D eigenvalue weighted by atomic mass is 32.2. The lowest BCUT2D eigenvalue weighted by Gasteiger charge is -2.39. The summed E-state index contributed by atoms with van der Waals surface area (Å²) >= 11 is 1.18. The van der Waals surface area contributed by atoms with Crippen LogP contribution in [0.2, 0.25) is 0 Å². The minimum absolute atomic E-state index is 0.381. The predicted octanol–water partition coefficient (Wildman–Crippen LogP) is -3.37. The van der Waals surface area contributed by atoms with E-state index in [0.717, 1.165) is 4.57 Å². The van der Waals surface area contributed by atoms with Crippen LogP contribution in [0.1, 0.15) is 6.23 Å². The van der Waals surface area contributed by atoms with E-state index < -0.39 is 89.8 Å². The molecule has 21 heteroatoms. The lowest BCUT2D eigenvalue weighted by atomic mass is 10.00. The average Bonchev–Trinajstić information content (AvgIpc) is 3.10. The van der Waals surface area contributed by atoms with Crippen LogP contribution >= 0.6 is 27.4 Å². The largest absolute Gasteiger partial charge is 0.483 e. The van der Waals surface area contributed by atoms with Crippen molar-refractivity contribution in [2.24, 2.45) is 0 Å². The number of ether oxygens (including phenoxy) is 2. The summed E-state index contributed by atoms with van der Waals surface area (Å²) in [5, 5.41) is 59.3. The molecule has 2 fully saturated rings. The molecule has 1 aromatic rings. The third-order valence-electron chi connectivity index (χ3n) is 5.32. The molecule has 2 saturated heterocycles. The normalized spacial score (nSPS) is 37.7. The highest BCUT2D eigenvalue weighted by Crippen LogP contribution is 2.61. The summed E-state index contributed by atoms with van der Waals surface area (Å²) in [6.07, 6.45) is -13.0. The fourth-order valence-corrected chi connectivity index (χ4v) is 5.95. The van der Waals surface area contributed by atoms with Crippen LogP contribution in [0.4, 0.5) is 0 Å². The minimum Gasteiger partial charge on any atom is -0.394 e. The SMILES string of the molecule is CSc1ccn([C@@H]2O[C@H](COP(=O)(O)OP(=O)(O)O[C@H]3O[C@H](CO)[C@@H](O)[C@H](O)[C@H]3O)[C@@H](O)[C@H]2O)c(=O)n1. The second-order valence-electron chi connectivity index (χ2n) is 7.82. The van der Waals surface area contributed by atoms with E-state index in [9.17, 15) is 49.2 Å². The maximum atomic E-state index is 12.2. The molecule has 11 atom stereocenters. The third kappa shape index (κ3) is 7.23. The van der Waals surface area contributed by atoms with Gasteiger partial charge in [0.25, 0.3) is 0 Å². The second-order valence-corrected chi connectivity index (χ2v) is 11.6. The Morgan fingerprint density at radius 3 is 2.24 bits per heavy atom. The molecule has 8 N–H and O–H groups in total. The molecule has 3 rings (SSSR count). The Bertz CT molecular complexity index is 1090. The number of phosphoric ester groups is 2. The maximum absolute atomic E-state index is 12.2. The van der Waals surface area contributed by atoms with Crippen molar-refractivity contribution in [3.05, 3.63) is 22.7 Å². The quantitative estimate of drug-likeness (QED) is 0.0743. The van der Waals surface area contributed by atoms with Crippen molar-refractivity contribution in [1.29, 1.82) is 0 Å². The molecule has 0 radical (unpaired) electrons. The van der Waals surface area contributed by atoms with Crippen LogP contribution in [0, 0.1) is 0 Å². The third-order valence-corrected chi connectivity index (χ3v) is 8.56. The predicted molar refractivity (Wildman–Crippen MR) is 118 cm³/mol. The lowest BCUT2D eigenvalue weighted by molar-refractivity contribution is -0.280. The van der Waals surface area contributed by atoms with Crippen LogP contribution < -0.4 is 5.69 Å². The van der Waals surface area contributed by atoms with Gasteiger partial charge in [0, 0.05) is 6.20 Å². The van der Waals surface area contributed by atoms with Crippen molar-refractivity contribution in [1.82, 2.24) is 9.55 Å². The van der Waals surface area contributed by atoms with Crippen molar-refractivity contribution < 1.29 is 72.4 Å². The Kier molecular flexibility index (Phi) is 10.1. The number of hydrogen-bond donors (Lipinski definition) is 8. The number of aromatic nitrogens is 2. The Balaban J connectivity index is 1.61. The molecule has 3 heterocycles. The number of thioether (sulfide) groups is 1. The average molecular weight is 596 g/mol. The fourth-order valence-electron chi connectivity index (χ4n) is 3.43. The number of aliphatic hydroxyl groups excluding tert-OH is 6. The number of aliphatic hydroxyl groups is 6. The number of phosphoric acid groups is 2. The molecule has 2 aliphatic heterocycles. The van der Waals surface area contributed by atoms with Crippen LogP contribution in [0.15, 0.2) is 22.1 Å². The fraction of sp³-hybridized carbons (Fsp3) is 0.750. The van der Waals surface area contributed by atoms with Crippen LogP contribution in [-0.2, 0) is 32.0 Å². The molecule has 18 nitrogen and oxygen atoms in total. The van der Waals surface area contributed by atoms with Crippen molar-refractivity contribution in [3.63, 3.8) is 0 Å². The number of hydrogen-bond acceptors (Lipinski definition) is 16. The monoisotopic (exact) mass is 596 g/mol. The summed E-state index contributed by atoms with van der Waals surface area (Å²) in [6.45, 7) is -1.86. The molecule has 0 saturated carbocycles. The van der Waals surface area contributed by atoms with E-state index in [4.69, 9.17) is 14.6 Å². The summed E-state index contributed by atoms with van der Waals surface area (Å²) in [5.74, 6) is 0. The van der Waals surface area contributed by atoms with Crippen LogP contribution in [0.5, 0.6) is 0 Å². The Morgan fingerprint density at radius 2 is 1.65 bits per heavy atom. The Hall–Kier alpha value is -0.830. The summed E-state index contributed by atoms with van der Waals surface area (Å²) in [4.78, 5) is 35.6. The molecule has 2 unspecified atom stereocenters. The van der Waals surface area contributed by atoms with Gasteiger partial charge in [0.2, 0.25) is 0 Å². The van der Waals surface area contributed by atoms with Gasteiger partial charge in [0.1, 0.15) is 47.8 Å². The van der Waals surface area contributed by atoms with E-state index >= 15 is 0 Å². The van der Waals surface area contributed by atoms with Gasteiger partial charge in [0.15, 0.2) is 12.5 Å². The van der Waals surface area contributed by atoms with Gasteiger partial charge in [-0.15, -0.1) is 11.8 Å². The first kappa shape index (κ1) is 30.7. The lowest BCUT2D eigenvalue weighted by Crippen LogP contribution is -2.58. The molecular formula is C16H26N2O16P2S. The molecular weight excluding hydrogens is 570 g/mol. The standard InChI is InChI=1S/C16H26N2O16P2S/c1-37-8-2-3-18(16(25)17-8)14-12(23)10(21)7(31-14)5-30-35(26,27)34-36(28,29)33-15-13(24)11(22)9(20)6(4-19)32-15/h2-3,6-7,9-15,19-24H,4-5H2,1H3,(H,26,27)(H,28,29)/t6-,7-,9-,10-,11+,12-,13-,14-,15-/m1/s1. The summed E-state index contributed by atoms with van der Waals surface area (Å²) in [6, 6.07) is 1.45. The molecule has 0 aromatic carbocycles. The zero-order valence-electron chi connectivity index (χ0n) is 18.8. The summed E-state index contributed by atoms with van der Waals surface area (Å²) in [7, 11) is -11.0. The molecule has 37 heavy (non-hydrogen) atoms. The van der Waals surface area contributed by atoms with Crippen molar-refractivity contribution in [3.8, 4) is 0 Å². The van der Waals surface area contributed by atoms with Gasteiger partial charge in [-0.2, -0.15) is 9.29 Å². The molecule has 0 spiro atoms. The topological polar surface area (TPSA) is 277 Å². The van der Waals surface area contributed by atoms with Crippen molar-refractivity contribution >= 4 is 27.4 Å². The van der Waals surface area contributed by atoms with Gasteiger partial charge in [-0.25, -0.2) is 13.9 Å². The van der Waals surface area contributed by atoms with E-state index in [-0.39, 0.29) is 0 Å². The summed E-state index contributed by atoms with van der Waals surface area (Å²) < 4.78 is 48.6. The van der Waals surface area contributed by atoms with E-state index in [0.29, 0.717) is 5.03 Å². The second kappa shape index (κ2) is 12.1. The van der Waals surface area contributed by atoms with E-state index in [1.54, 1.807) is 6.26 Å². The first-order chi connectivity index (χ1) is 17.2. The van der Waals surface area contributed by atoms with Gasteiger partial charge in [-0.05, 0) is 12.3 Å². The zero-order valence-corrected chi connectivity index (χ0v) is 21.4. The van der Waals surface area contributed by atoms with Crippen LogP contribution in [0.25, 0.3) is 0 Å². The van der Waals surface area contributed by atoms with Crippen molar-refractivity contribution in [2.75, 3.05) is 19.5 Å². The number of rotatable bonds is 10. The molecule has 1 aromatic heterocycles. The van der Waals surface area contributed by atoms with E-state index in [1.165, 1.54) is 24.0 Å². The van der Waals surface area contributed by atoms with Crippen molar-refractivity contribution in [2.45, 2.75) is 60.3 Å². The number of nitrogens with zero attached hydrogens (tertiary/aromatic N) is 2. The van der Waals surface area contributed by atoms with E-state index in [1.807, 2.05) is 0 Å². The molecule has 0 amide bonds. The highest BCUT2D eigenvalue weighted by Gasteiger charge is 2.49. The molecule has 212 valence electrons. The Morgan fingerprint density at radius 1 is 1.00 bits per heavy atom. The maximum Gasteiger partial charge on any atom is 0.483 e. The van der Waals surface area contributed by atoms with Gasteiger partial charge >= 0.3 is 21.3 Å². The first-order valence-electron chi connectivity index (χ1n) is 10.3. The molecule has 0 bridgehead atoms. The smallest absolute Gasteiger partial charge is 0.394 e. The van der Waals surface area contributed by atoms with Crippen LogP contribution in [0.3, 0.4) is 0 Å². The van der Waals surface area contributed by atoms with Gasteiger partial charge in [0.05, 0.1) is 13.2 Å². The van der Waals surface area contributed by atoms with E-state index in [2.05, 4.69) is 18.3 Å². The minimum atomic E-state index is -5.57. The van der Waals surface area contributed by atoms with Gasteiger partial charge < -0.3 is 49.9 Å². The zero-order chi connectivity index (χ0) is 27.7. The highest BCUT2D eigenvalue weighted by molar-refractivity contribution is 7.98. The van der Waals surface area contributed by atoms with Gasteiger partial charge in [-0.3, -0.25) is 13.6 Å². The van der Waals surface area contributed by atoms with Gasteiger partial charge in [-0.1, -0.05) is 0 Å². The Labute approximate surface area is 212 Å². The molecule has 2 aliphatic rings. The summed E-state index contributed by atoms with van der Waals surface area (Å²) in [5.41, 5.74) is -0.813. The van der Waals surface area contributed by atoms with Crippen LogP contribution in [-0.4, -0.2) is 118 Å². The molecule has 0 aliphatic carbocycles.